The molecule has 0 spiro atoms. The van der Waals surface area contributed by atoms with Crippen molar-refractivity contribution in [3.8, 4) is 11.3 Å². The van der Waals surface area contributed by atoms with Crippen LogP contribution in [0.3, 0.4) is 0 Å². The number of aromatic amines is 1. The number of hydrogen-bond acceptors (Lipinski definition) is 6. The number of ketones is 1. The Hall–Kier alpha value is -3.39. The summed E-state index contributed by atoms with van der Waals surface area (Å²) in [5.74, 6) is 0.107. The molecule has 0 atom stereocenters. The molecule has 5 aromatic rings. The van der Waals surface area contributed by atoms with Crippen LogP contribution in [-0.2, 0) is 13.0 Å². The van der Waals surface area contributed by atoms with Gasteiger partial charge in [-0.3, -0.25) is 9.69 Å². The Balaban J connectivity index is 1.14. The van der Waals surface area contributed by atoms with Gasteiger partial charge in [0.05, 0.1) is 12.1 Å². The first-order valence-electron chi connectivity index (χ1n) is 12.0. The van der Waals surface area contributed by atoms with E-state index in [-0.39, 0.29) is 5.78 Å². The first kappa shape index (κ1) is 22.1. The van der Waals surface area contributed by atoms with E-state index in [1.807, 2.05) is 23.6 Å². The molecule has 3 aromatic heterocycles. The molecule has 176 valence electrons. The van der Waals surface area contributed by atoms with Gasteiger partial charge in [-0.05, 0) is 36.9 Å². The molecule has 1 fully saturated rings. The summed E-state index contributed by atoms with van der Waals surface area (Å²) in [6.07, 6.45) is 2.12. The summed E-state index contributed by atoms with van der Waals surface area (Å²) in [5.41, 5.74) is 5.90. The number of thiazole rings is 1. The van der Waals surface area contributed by atoms with Gasteiger partial charge in [-0.2, -0.15) is 0 Å². The van der Waals surface area contributed by atoms with Crippen LogP contribution in [0.5, 0.6) is 0 Å². The van der Waals surface area contributed by atoms with Crippen molar-refractivity contribution in [1.29, 1.82) is 0 Å². The first-order valence-corrected chi connectivity index (χ1v) is 12.8. The molecule has 0 amide bonds. The van der Waals surface area contributed by atoms with E-state index >= 15 is 0 Å². The maximum absolute atomic E-state index is 12.9. The maximum Gasteiger partial charge on any atom is 0.169 e. The fraction of sp³-hybridized carbons (Fsp3) is 0.250. The lowest BCUT2D eigenvalue weighted by molar-refractivity contribution is 0.0993. The summed E-state index contributed by atoms with van der Waals surface area (Å²) in [7, 11) is 2.17. The van der Waals surface area contributed by atoms with E-state index in [2.05, 4.69) is 63.2 Å². The van der Waals surface area contributed by atoms with Crippen molar-refractivity contribution in [1.82, 2.24) is 24.8 Å². The lowest BCUT2D eigenvalue weighted by Crippen LogP contribution is -2.43. The third-order valence-corrected chi connectivity index (χ3v) is 7.66. The van der Waals surface area contributed by atoms with Crippen molar-refractivity contribution in [3.05, 3.63) is 82.3 Å². The Kier molecular flexibility index (Phi) is 5.90. The quantitative estimate of drug-likeness (QED) is 0.345. The van der Waals surface area contributed by atoms with Crippen molar-refractivity contribution in [2.24, 2.45) is 0 Å². The van der Waals surface area contributed by atoms with Crippen LogP contribution in [-0.4, -0.2) is 63.8 Å². The first-order chi connectivity index (χ1) is 17.1. The van der Waals surface area contributed by atoms with E-state index in [0.29, 0.717) is 6.42 Å². The molecular formula is C28H27N5OS. The average molecular weight is 482 g/mol. The number of pyridine rings is 1. The smallest absolute Gasteiger partial charge is 0.169 e. The highest BCUT2D eigenvalue weighted by atomic mass is 32.1. The second-order valence-corrected chi connectivity index (χ2v) is 10.2. The van der Waals surface area contributed by atoms with Crippen LogP contribution in [0.1, 0.15) is 20.9 Å². The SMILES string of the molecule is CN1CCN(Cc2ccc(C(=O)Cc3nc(-c4ccc5[nH]c6ncccc6c5c4)cs3)cc2)CC1. The maximum atomic E-state index is 12.9. The second-order valence-electron chi connectivity index (χ2n) is 9.29. The van der Waals surface area contributed by atoms with Crippen LogP contribution in [0.2, 0.25) is 0 Å². The fourth-order valence-electron chi connectivity index (χ4n) is 4.71. The van der Waals surface area contributed by atoms with Crippen molar-refractivity contribution in [2.45, 2.75) is 13.0 Å². The number of nitrogens with one attached hydrogen (secondary N) is 1. The normalized spacial score (nSPS) is 15.2. The number of piperazine rings is 1. The summed E-state index contributed by atoms with van der Waals surface area (Å²) in [6, 6.07) is 18.4. The number of aromatic nitrogens is 3. The monoisotopic (exact) mass is 481 g/mol. The number of H-pyrrole nitrogens is 1. The summed E-state index contributed by atoms with van der Waals surface area (Å²) in [6.45, 7) is 5.34. The predicted octanol–water partition coefficient (Wildman–Crippen LogP) is 5.01. The molecule has 0 unspecified atom stereocenters. The van der Waals surface area contributed by atoms with Gasteiger partial charge in [0.25, 0.3) is 0 Å². The number of carbonyl (C=O) groups is 1. The zero-order valence-electron chi connectivity index (χ0n) is 19.7. The summed E-state index contributed by atoms with van der Waals surface area (Å²) in [4.78, 5) is 30.3. The third-order valence-electron chi connectivity index (χ3n) is 6.81. The fourth-order valence-corrected chi connectivity index (χ4v) is 5.51. The lowest BCUT2D eigenvalue weighted by atomic mass is 10.1. The standard InChI is InChI=1S/C28H27N5OS/c1-32-11-13-33(14-12-32)17-19-4-6-20(7-5-19)26(34)16-27-30-25(18-35-27)21-8-9-24-23(15-21)22-3-2-10-29-28(22)31-24/h2-10,15,18H,11-14,16-17H2,1H3,(H,29,31). The molecule has 35 heavy (non-hydrogen) atoms. The molecule has 0 bridgehead atoms. The van der Waals surface area contributed by atoms with Crippen LogP contribution in [0.4, 0.5) is 0 Å². The molecule has 4 heterocycles. The molecule has 1 N–H and O–H groups in total. The molecule has 0 radical (unpaired) electrons. The van der Waals surface area contributed by atoms with Crippen LogP contribution < -0.4 is 0 Å². The molecule has 0 aliphatic carbocycles. The molecule has 6 nitrogen and oxygen atoms in total. The molecule has 2 aromatic carbocycles. The average Bonchev–Trinajstić information content (AvgIpc) is 3.50. The van der Waals surface area contributed by atoms with E-state index in [1.54, 1.807) is 17.5 Å². The molecule has 1 aliphatic rings. The molecule has 6 rings (SSSR count). The minimum absolute atomic E-state index is 0.107. The van der Waals surface area contributed by atoms with E-state index in [4.69, 9.17) is 4.98 Å². The van der Waals surface area contributed by atoms with Gasteiger partial charge in [0, 0.05) is 71.7 Å². The zero-order chi connectivity index (χ0) is 23.8. The number of hydrogen-bond donors (Lipinski definition) is 1. The van der Waals surface area contributed by atoms with Gasteiger partial charge >= 0.3 is 0 Å². The van der Waals surface area contributed by atoms with Crippen molar-refractivity contribution < 1.29 is 4.79 Å². The Morgan fingerprint density at radius 2 is 1.86 bits per heavy atom. The Morgan fingerprint density at radius 3 is 2.69 bits per heavy atom. The highest BCUT2D eigenvalue weighted by Crippen LogP contribution is 2.30. The summed E-state index contributed by atoms with van der Waals surface area (Å²) in [5, 5.41) is 5.11. The molecule has 1 aliphatic heterocycles. The molecular weight excluding hydrogens is 454 g/mol. The third kappa shape index (κ3) is 4.62. The lowest BCUT2D eigenvalue weighted by Gasteiger charge is -2.32. The van der Waals surface area contributed by atoms with E-state index in [1.165, 1.54) is 5.56 Å². The predicted molar refractivity (Wildman–Crippen MR) is 142 cm³/mol. The van der Waals surface area contributed by atoms with Crippen LogP contribution in [0.25, 0.3) is 33.2 Å². The second kappa shape index (κ2) is 9.34. The van der Waals surface area contributed by atoms with Gasteiger partial charge in [-0.25, -0.2) is 9.97 Å². The number of carbonyl (C=O) groups excluding carboxylic acids is 1. The Morgan fingerprint density at radius 1 is 1.03 bits per heavy atom. The summed E-state index contributed by atoms with van der Waals surface area (Å²) < 4.78 is 0. The van der Waals surface area contributed by atoms with Crippen LogP contribution >= 0.6 is 11.3 Å². The molecule has 0 saturated carbocycles. The highest BCUT2D eigenvalue weighted by molar-refractivity contribution is 7.10. The van der Waals surface area contributed by atoms with Crippen molar-refractivity contribution in [3.63, 3.8) is 0 Å². The highest BCUT2D eigenvalue weighted by Gasteiger charge is 2.15. The number of likely N-dealkylation sites (N-methyl/N-ethyl adjacent to an activating group) is 1. The minimum atomic E-state index is 0.107. The van der Waals surface area contributed by atoms with Gasteiger partial charge in [-0.15, -0.1) is 11.3 Å². The largest absolute Gasteiger partial charge is 0.339 e. The number of Topliss-reactive ketones (excluding diaryl/α,β-unsaturated/α-hetero) is 1. The number of nitrogens with zero attached hydrogens (tertiary/aromatic N) is 4. The zero-order valence-corrected chi connectivity index (χ0v) is 20.5. The van der Waals surface area contributed by atoms with Crippen LogP contribution in [0, 0.1) is 0 Å². The van der Waals surface area contributed by atoms with Crippen molar-refractivity contribution >= 4 is 39.1 Å². The van der Waals surface area contributed by atoms with Crippen molar-refractivity contribution in [2.75, 3.05) is 33.2 Å². The van der Waals surface area contributed by atoms with Gasteiger partial charge in [0.1, 0.15) is 10.7 Å². The van der Waals surface area contributed by atoms with E-state index in [9.17, 15) is 4.79 Å². The van der Waals surface area contributed by atoms with Gasteiger partial charge in [0.15, 0.2) is 5.78 Å². The number of benzene rings is 2. The van der Waals surface area contributed by atoms with E-state index < -0.39 is 0 Å². The Bertz CT molecular complexity index is 1500. The number of rotatable bonds is 6. The minimum Gasteiger partial charge on any atom is -0.339 e. The van der Waals surface area contributed by atoms with E-state index in [0.717, 1.165) is 76.5 Å². The Labute approximate surface area is 208 Å². The van der Waals surface area contributed by atoms with Gasteiger partial charge < -0.3 is 9.88 Å². The topological polar surface area (TPSA) is 65.1 Å². The summed E-state index contributed by atoms with van der Waals surface area (Å²) >= 11 is 1.54. The van der Waals surface area contributed by atoms with Crippen LogP contribution in [0.15, 0.2) is 66.2 Å². The van der Waals surface area contributed by atoms with Gasteiger partial charge in [0.2, 0.25) is 0 Å². The number of fused-ring (bicyclic) bond motifs is 3. The van der Waals surface area contributed by atoms with Gasteiger partial charge in [-0.1, -0.05) is 30.3 Å². The molecule has 1 saturated heterocycles. The molecule has 7 heteroatoms.